The first-order valence-electron chi connectivity index (χ1n) is 13.3. The maximum atomic E-state index is 13.0. The Morgan fingerprint density at radius 1 is 1.23 bits per heavy atom. The van der Waals surface area contributed by atoms with Gasteiger partial charge in [0.05, 0.1) is 39.5 Å². The van der Waals surface area contributed by atoms with Gasteiger partial charge in [0, 0.05) is 23.5 Å². The van der Waals surface area contributed by atoms with Crippen LogP contribution in [0.4, 0.5) is 0 Å². The second kappa shape index (κ2) is 11.4. The molecule has 0 aliphatic carbocycles. The maximum absolute atomic E-state index is 13.0. The fraction of sp³-hybridized carbons (Fsp3) is 0.484. The monoisotopic (exact) mass is 537 g/mol. The first-order valence-corrected chi connectivity index (χ1v) is 13.3. The minimum Gasteiger partial charge on any atom is -0.507 e. The number of amides is 1. The molecule has 8 heteroatoms. The van der Waals surface area contributed by atoms with E-state index < -0.39 is 17.5 Å². The lowest BCUT2D eigenvalue weighted by Crippen LogP contribution is -2.55. The Balaban J connectivity index is 1.46. The van der Waals surface area contributed by atoms with E-state index in [1.165, 1.54) is 18.1 Å². The summed E-state index contributed by atoms with van der Waals surface area (Å²) in [6, 6.07) is 5.28. The van der Waals surface area contributed by atoms with Crippen LogP contribution in [0.1, 0.15) is 46.6 Å². The van der Waals surface area contributed by atoms with Crippen molar-refractivity contribution in [2.45, 2.75) is 65.6 Å². The van der Waals surface area contributed by atoms with Crippen LogP contribution in [0.3, 0.4) is 0 Å². The number of aliphatic hydroxyl groups excluding tert-OH is 1. The van der Waals surface area contributed by atoms with E-state index in [1.807, 2.05) is 20.8 Å². The van der Waals surface area contributed by atoms with Crippen LogP contribution in [-0.4, -0.2) is 60.5 Å². The number of rotatable bonds is 8. The number of aliphatic hydroxyl groups is 1. The molecule has 0 saturated carbocycles. The molecule has 5 atom stereocenters. The average molecular weight is 538 g/mol. The van der Waals surface area contributed by atoms with E-state index in [0.29, 0.717) is 11.5 Å². The van der Waals surface area contributed by atoms with Gasteiger partial charge in [0.15, 0.2) is 11.6 Å². The van der Waals surface area contributed by atoms with Gasteiger partial charge in [0.1, 0.15) is 22.8 Å². The number of allylic oxidation sites excluding steroid dienone is 3. The third-order valence-electron chi connectivity index (χ3n) is 7.99. The Bertz CT molecular complexity index is 1260. The molecule has 1 aromatic carbocycles. The summed E-state index contributed by atoms with van der Waals surface area (Å²) < 4.78 is 23.3. The number of hydrogen-bond acceptors (Lipinski definition) is 7. The van der Waals surface area contributed by atoms with Gasteiger partial charge < -0.3 is 29.0 Å². The van der Waals surface area contributed by atoms with Crippen LogP contribution < -0.4 is 9.47 Å². The summed E-state index contributed by atoms with van der Waals surface area (Å²) in [4.78, 5) is 27.1. The van der Waals surface area contributed by atoms with Crippen LogP contribution in [-0.2, 0) is 25.6 Å². The molecule has 210 valence electrons. The average Bonchev–Trinajstić information content (AvgIpc) is 3.19. The maximum Gasteiger partial charge on any atom is 0.262 e. The van der Waals surface area contributed by atoms with Gasteiger partial charge in [-0.25, -0.2) is 0 Å². The highest BCUT2D eigenvalue weighted by Crippen LogP contribution is 2.43. The molecule has 4 rings (SSSR count). The van der Waals surface area contributed by atoms with Gasteiger partial charge >= 0.3 is 0 Å². The highest BCUT2D eigenvalue weighted by Gasteiger charge is 2.47. The fourth-order valence-corrected chi connectivity index (χ4v) is 5.54. The number of carbonyl (C=O) groups is 2. The van der Waals surface area contributed by atoms with Crippen LogP contribution in [0.25, 0.3) is 0 Å². The molecule has 2 fully saturated rings. The molecular formula is C31H39NO7. The molecule has 39 heavy (non-hydrogen) atoms. The number of carbonyl (C=O) groups excluding carboxylic acids is 2. The topological polar surface area (TPSA) is 94.5 Å². The smallest absolute Gasteiger partial charge is 0.262 e. The fourth-order valence-electron chi connectivity index (χ4n) is 5.54. The summed E-state index contributed by atoms with van der Waals surface area (Å²) in [5, 5.41) is 10.7. The second-order valence-electron chi connectivity index (χ2n) is 10.8. The molecule has 8 nitrogen and oxygen atoms in total. The molecule has 2 saturated heterocycles. The zero-order chi connectivity index (χ0) is 28.5. The van der Waals surface area contributed by atoms with Crippen molar-refractivity contribution < 1.29 is 33.6 Å². The van der Waals surface area contributed by atoms with Gasteiger partial charge in [-0.15, -0.1) is 0 Å². The SMILES string of the molecule is COc1ccc(CN2CC(=O)/C(=C(O)/C=C/C(C)=C/[C@@H](C)[C@H]3O[C@@]4(C)O[C@H](CC=C4C)[C@@H]3C)C2=O)c(OC)c1. The molecule has 0 aromatic heterocycles. The summed E-state index contributed by atoms with van der Waals surface area (Å²) in [5.74, 6) is -0.502. The van der Waals surface area contributed by atoms with Gasteiger partial charge in [-0.1, -0.05) is 37.6 Å². The van der Waals surface area contributed by atoms with E-state index in [9.17, 15) is 14.7 Å². The zero-order valence-electron chi connectivity index (χ0n) is 23.8. The van der Waals surface area contributed by atoms with Crippen LogP contribution in [0.15, 0.2) is 65.0 Å². The standard InChI is InChI=1S/C31H39NO7/c1-18(14-19(2)29-21(4)26-13-9-20(3)31(5,38-26)39-29)8-12-24(33)28-25(34)17-32(30(28)35)16-22-10-11-23(36-6)15-27(22)37-7/h8-12,14-15,19,21,26,29,33H,13,16-17H2,1-7H3/b12-8+,18-14+,28-24+/t19-,21+,26-,29-,31-/m1/s1. The third-order valence-corrected chi connectivity index (χ3v) is 7.99. The van der Waals surface area contributed by atoms with Crippen molar-refractivity contribution >= 4 is 11.7 Å². The van der Waals surface area contributed by atoms with E-state index in [1.54, 1.807) is 31.4 Å². The third kappa shape index (κ3) is 5.82. The van der Waals surface area contributed by atoms with Crippen molar-refractivity contribution in [1.29, 1.82) is 0 Å². The molecule has 0 radical (unpaired) electrons. The van der Waals surface area contributed by atoms with Crippen LogP contribution in [0.2, 0.25) is 0 Å². The quantitative estimate of drug-likeness (QED) is 0.163. The van der Waals surface area contributed by atoms with Crippen molar-refractivity contribution in [3.05, 3.63) is 70.5 Å². The molecule has 1 aromatic rings. The number of likely N-dealkylation sites (tertiary alicyclic amines) is 1. The predicted molar refractivity (Wildman–Crippen MR) is 147 cm³/mol. The first-order chi connectivity index (χ1) is 18.5. The zero-order valence-corrected chi connectivity index (χ0v) is 23.8. The normalized spacial score (nSPS) is 29.5. The van der Waals surface area contributed by atoms with E-state index in [2.05, 4.69) is 26.0 Å². The molecule has 3 heterocycles. The van der Waals surface area contributed by atoms with E-state index in [-0.39, 0.29) is 48.5 Å². The molecule has 0 unspecified atom stereocenters. The molecular weight excluding hydrogens is 498 g/mol. The van der Waals surface area contributed by atoms with Gasteiger partial charge in [-0.3, -0.25) is 9.59 Å². The van der Waals surface area contributed by atoms with Crippen molar-refractivity contribution in [1.82, 2.24) is 4.90 Å². The Morgan fingerprint density at radius 3 is 2.67 bits per heavy atom. The van der Waals surface area contributed by atoms with Crippen molar-refractivity contribution in [2.75, 3.05) is 20.8 Å². The molecule has 3 aliphatic heterocycles. The van der Waals surface area contributed by atoms with Gasteiger partial charge in [-0.2, -0.15) is 0 Å². The summed E-state index contributed by atoms with van der Waals surface area (Å²) in [6.45, 7) is 10.3. The van der Waals surface area contributed by atoms with Crippen LogP contribution >= 0.6 is 0 Å². The van der Waals surface area contributed by atoms with E-state index in [0.717, 1.165) is 23.1 Å². The lowest BCUT2D eigenvalue weighted by atomic mass is 9.82. The number of Topliss-reactive ketones (excluding diaryl/α,β-unsaturated/α-hetero) is 1. The Morgan fingerprint density at radius 2 is 1.97 bits per heavy atom. The van der Waals surface area contributed by atoms with Gasteiger partial charge in [0.25, 0.3) is 5.91 Å². The summed E-state index contributed by atoms with van der Waals surface area (Å²) in [7, 11) is 3.09. The van der Waals surface area contributed by atoms with Crippen molar-refractivity contribution in [3.8, 4) is 11.5 Å². The number of methoxy groups -OCH3 is 2. The van der Waals surface area contributed by atoms with Gasteiger partial charge in [0.2, 0.25) is 0 Å². The Labute approximate surface area is 230 Å². The largest absolute Gasteiger partial charge is 0.507 e. The highest BCUT2D eigenvalue weighted by atomic mass is 16.7. The summed E-state index contributed by atoms with van der Waals surface area (Å²) in [5.41, 5.74) is 2.50. The molecule has 1 N–H and O–H groups in total. The highest BCUT2D eigenvalue weighted by molar-refractivity contribution is 6.25. The number of ether oxygens (including phenoxy) is 4. The van der Waals surface area contributed by atoms with Crippen LogP contribution in [0.5, 0.6) is 11.5 Å². The molecule has 3 aliphatic rings. The number of nitrogens with zero attached hydrogens (tertiary/aromatic N) is 1. The minimum atomic E-state index is -0.709. The molecule has 0 spiro atoms. The van der Waals surface area contributed by atoms with Crippen molar-refractivity contribution in [2.24, 2.45) is 11.8 Å². The molecule has 2 bridgehead atoms. The number of fused-ring (bicyclic) bond motifs is 2. The lowest BCUT2D eigenvalue weighted by Gasteiger charge is -2.50. The number of ketones is 1. The summed E-state index contributed by atoms with van der Waals surface area (Å²) >= 11 is 0. The Kier molecular flexibility index (Phi) is 8.37. The van der Waals surface area contributed by atoms with Crippen molar-refractivity contribution in [3.63, 3.8) is 0 Å². The second-order valence-corrected chi connectivity index (χ2v) is 10.8. The minimum absolute atomic E-state index is 0.0332. The Hall–Kier alpha value is -3.36. The van der Waals surface area contributed by atoms with Gasteiger partial charge in [-0.05, 0) is 51.0 Å². The van der Waals surface area contributed by atoms with E-state index >= 15 is 0 Å². The summed E-state index contributed by atoms with van der Waals surface area (Å²) in [6.07, 6.45) is 8.37. The number of benzene rings is 1. The molecule has 1 amide bonds. The number of hydrogen-bond donors (Lipinski definition) is 1. The van der Waals surface area contributed by atoms with Crippen LogP contribution in [0, 0.1) is 11.8 Å². The predicted octanol–water partition coefficient (Wildman–Crippen LogP) is 5.05. The first kappa shape index (κ1) is 28.6. The lowest BCUT2D eigenvalue weighted by molar-refractivity contribution is -0.318. The van der Waals surface area contributed by atoms with E-state index in [4.69, 9.17) is 18.9 Å².